The summed E-state index contributed by atoms with van der Waals surface area (Å²) in [6, 6.07) is 18.6. The molecule has 2 saturated heterocycles. The fourth-order valence-corrected chi connectivity index (χ4v) is 9.91. The SMILES string of the molecule is C[C@@H]1CN(Cc2ccc(-c3cccc(Oc4ncc(F)cc4C(=O)N[C@H]4CC[C@@H](NC(=O)c5cc6n(n5)CCCC6)CC4)c3)c(CN3CCSCC3)c2)C[C@H](C)N1. The van der Waals surface area contributed by atoms with E-state index in [4.69, 9.17) is 4.74 Å². The van der Waals surface area contributed by atoms with Gasteiger partial charge in [-0.3, -0.25) is 24.1 Å². The van der Waals surface area contributed by atoms with Crippen molar-refractivity contribution in [3.05, 3.63) is 94.7 Å². The molecule has 5 heterocycles. The summed E-state index contributed by atoms with van der Waals surface area (Å²) in [6.45, 7) is 11.3. The highest BCUT2D eigenvalue weighted by Gasteiger charge is 2.28. The Morgan fingerprint density at radius 3 is 2.39 bits per heavy atom. The van der Waals surface area contributed by atoms with Crippen molar-refractivity contribution in [3.63, 3.8) is 0 Å². The molecule has 13 heteroatoms. The normalized spacial score (nSPS) is 23.1. The van der Waals surface area contributed by atoms with E-state index in [2.05, 4.69) is 73.9 Å². The first-order valence-corrected chi connectivity index (χ1v) is 21.9. The third-order valence-electron chi connectivity index (χ3n) is 11.7. The van der Waals surface area contributed by atoms with E-state index in [1.165, 1.54) is 17.2 Å². The molecule has 11 nitrogen and oxygen atoms in total. The summed E-state index contributed by atoms with van der Waals surface area (Å²) in [7, 11) is 0. The van der Waals surface area contributed by atoms with Crippen LogP contribution in [0.25, 0.3) is 11.1 Å². The Balaban J connectivity index is 0.930. The molecule has 3 aliphatic heterocycles. The van der Waals surface area contributed by atoms with Crippen molar-refractivity contribution in [1.29, 1.82) is 0 Å². The van der Waals surface area contributed by atoms with Gasteiger partial charge in [0, 0.05) is 87.2 Å². The van der Waals surface area contributed by atoms with E-state index in [1.807, 2.05) is 40.7 Å². The number of fused-ring (bicyclic) bond motifs is 1. The van der Waals surface area contributed by atoms with Crippen LogP contribution in [0.4, 0.5) is 4.39 Å². The van der Waals surface area contributed by atoms with E-state index in [0.717, 1.165) is 112 Å². The predicted molar refractivity (Wildman–Crippen MR) is 222 cm³/mol. The molecule has 2 atom stereocenters. The van der Waals surface area contributed by atoms with Crippen LogP contribution in [0, 0.1) is 5.82 Å². The van der Waals surface area contributed by atoms with Gasteiger partial charge in [0.2, 0.25) is 5.88 Å². The summed E-state index contributed by atoms with van der Waals surface area (Å²) in [6.07, 6.45) is 7.04. The van der Waals surface area contributed by atoms with Crippen molar-refractivity contribution in [2.24, 2.45) is 0 Å². The maximum atomic E-state index is 14.6. The average Bonchev–Trinajstić information content (AvgIpc) is 3.65. The Labute approximate surface area is 339 Å². The quantitative estimate of drug-likeness (QED) is 0.158. The van der Waals surface area contributed by atoms with Crippen LogP contribution in [0.5, 0.6) is 11.6 Å². The highest BCUT2D eigenvalue weighted by atomic mass is 32.2. The van der Waals surface area contributed by atoms with Gasteiger partial charge in [0.05, 0.1) is 6.20 Å². The highest BCUT2D eigenvalue weighted by Crippen LogP contribution is 2.33. The third-order valence-corrected chi connectivity index (χ3v) is 12.6. The van der Waals surface area contributed by atoms with Gasteiger partial charge in [-0.1, -0.05) is 30.3 Å². The Kier molecular flexibility index (Phi) is 12.5. The van der Waals surface area contributed by atoms with Crippen LogP contribution < -0.4 is 20.7 Å². The zero-order chi connectivity index (χ0) is 39.3. The van der Waals surface area contributed by atoms with Gasteiger partial charge in [0.15, 0.2) is 0 Å². The maximum Gasteiger partial charge on any atom is 0.272 e. The summed E-state index contributed by atoms with van der Waals surface area (Å²) in [5.74, 6) is 1.66. The minimum atomic E-state index is -0.612. The molecule has 0 bridgehead atoms. The number of hydrogen-bond donors (Lipinski definition) is 3. The Hall–Kier alpha value is -4.30. The maximum absolute atomic E-state index is 14.6. The van der Waals surface area contributed by atoms with Crippen molar-refractivity contribution in [2.75, 3.05) is 37.7 Å². The van der Waals surface area contributed by atoms with Crippen LogP contribution in [-0.2, 0) is 26.1 Å². The van der Waals surface area contributed by atoms with Crippen LogP contribution in [0.2, 0.25) is 0 Å². The number of aromatic nitrogens is 3. The molecule has 0 spiro atoms. The Bertz CT molecular complexity index is 2010. The predicted octanol–water partition coefficient (Wildman–Crippen LogP) is 6.41. The second kappa shape index (κ2) is 18.1. The molecule has 1 aliphatic carbocycles. The number of rotatable bonds is 11. The molecule has 57 heavy (non-hydrogen) atoms. The van der Waals surface area contributed by atoms with E-state index < -0.39 is 11.7 Å². The van der Waals surface area contributed by atoms with Gasteiger partial charge in [-0.15, -0.1) is 0 Å². The largest absolute Gasteiger partial charge is 0.438 e. The molecule has 2 amide bonds. The van der Waals surface area contributed by atoms with E-state index in [0.29, 0.717) is 36.4 Å². The zero-order valence-corrected chi connectivity index (χ0v) is 34.0. The summed E-state index contributed by atoms with van der Waals surface area (Å²) >= 11 is 2.01. The molecular formula is C44H55FN8O3S. The van der Waals surface area contributed by atoms with Crippen molar-refractivity contribution in [2.45, 2.75) is 103 Å². The molecule has 2 aromatic heterocycles. The van der Waals surface area contributed by atoms with Crippen LogP contribution in [0.15, 0.2) is 60.8 Å². The number of amides is 2. The second-order valence-electron chi connectivity index (χ2n) is 16.4. The molecule has 8 rings (SSSR count). The number of pyridine rings is 1. The second-order valence-corrected chi connectivity index (χ2v) is 17.6. The Morgan fingerprint density at radius 2 is 1.63 bits per heavy atom. The molecule has 4 aliphatic rings. The van der Waals surface area contributed by atoms with E-state index in [9.17, 15) is 14.0 Å². The van der Waals surface area contributed by atoms with Crippen molar-refractivity contribution in [3.8, 4) is 22.8 Å². The number of nitrogens with zero attached hydrogens (tertiary/aromatic N) is 5. The fourth-order valence-electron chi connectivity index (χ4n) is 8.93. The van der Waals surface area contributed by atoms with Crippen molar-refractivity contribution in [1.82, 2.24) is 40.5 Å². The summed E-state index contributed by atoms with van der Waals surface area (Å²) in [5, 5.41) is 14.4. The summed E-state index contributed by atoms with van der Waals surface area (Å²) < 4.78 is 22.8. The number of carbonyl (C=O) groups is 2. The van der Waals surface area contributed by atoms with Gasteiger partial charge in [0.1, 0.15) is 22.8 Å². The highest BCUT2D eigenvalue weighted by molar-refractivity contribution is 7.99. The molecular weight excluding hydrogens is 740 g/mol. The zero-order valence-electron chi connectivity index (χ0n) is 33.1. The monoisotopic (exact) mass is 794 g/mol. The molecule has 1 saturated carbocycles. The molecule has 4 aromatic rings. The molecule has 3 N–H and O–H groups in total. The number of hydrogen-bond acceptors (Lipinski definition) is 9. The van der Waals surface area contributed by atoms with Crippen LogP contribution >= 0.6 is 11.8 Å². The number of piperazine rings is 1. The number of halogens is 1. The minimum absolute atomic E-state index is 0.00168. The van der Waals surface area contributed by atoms with Crippen LogP contribution in [0.3, 0.4) is 0 Å². The number of aryl methyl sites for hydroxylation is 2. The minimum Gasteiger partial charge on any atom is -0.438 e. The summed E-state index contributed by atoms with van der Waals surface area (Å²) in [5.41, 5.74) is 6.38. The van der Waals surface area contributed by atoms with Gasteiger partial charge in [-0.05, 0) is 105 Å². The lowest BCUT2D eigenvalue weighted by Crippen LogP contribution is -2.53. The number of thioether (sulfide) groups is 1. The third kappa shape index (κ3) is 10.1. The lowest BCUT2D eigenvalue weighted by Gasteiger charge is -2.36. The number of nitrogens with one attached hydrogen (secondary N) is 3. The molecule has 0 radical (unpaired) electrons. The smallest absolute Gasteiger partial charge is 0.272 e. The lowest BCUT2D eigenvalue weighted by atomic mass is 9.91. The summed E-state index contributed by atoms with van der Waals surface area (Å²) in [4.78, 5) is 35.9. The van der Waals surface area contributed by atoms with Gasteiger partial charge in [0.25, 0.3) is 11.8 Å². The average molecular weight is 795 g/mol. The topological polar surface area (TPSA) is 117 Å². The first kappa shape index (κ1) is 39.5. The van der Waals surface area contributed by atoms with Crippen molar-refractivity contribution < 1.29 is 18.7 Å². The molecule has 2 aromatic carbocycles. The fraction of sp³-hybridized carbons (Fsp3) is 0.500. The van der Waals surface area contributed by atoms with Gasteiger partial charge >= 0.3 is 0 Å². The van der Waals surface area contributed by atoms with E-state index in [-0.39, 0.29) is 29.4 Å². The van der Waals surface area contributed by atoms with Crippen LogP contribution in [-0.4, -0.2) is 98.2 Å². The van der Waals surface area contributed by atoms with E-state index in [1.54, 1.807) is 0 Å². The number of carbonyl (C=O) groups excluding carboxylic acids is 2. The van der Waals surface area contributed by atoms with Gasteiger partial charge in [-0.25, -0.2) is 9.37 Å². The van der Waals surface area contributed by atoms with E-state index >= 15 is 0 Å². The molecule has 0 unspecified atom stereocenters. The molecule has 3 fully saturated rings. The number of ether oxygens (including phenoxy) is 1. The van der Waals surface area contributed by atoms with Gasteiger partial charge in [-0.2, -0.15) is 16.9 Å². The standard InChI is InChI=1S/C44H55FN8O3S/c1-29-25-52(26-30(2)47-29)27-31-9-14-39(33(20-31)28-51-16-18-57-19-17-51)32-6-5-8-38(21-32)56-44-40(22-34(45)24-46-44)42(54)48-35-10-12-36(13-11-35)49-43(55)41-23-37-7-3-4-15-53(37)50-41/h5-6,8-9,14,20-24,29-30,35-36,47H,3-4,7,10-13,15-19,25-28H2,1-2H3,(H,48,54)(H,49,55)/t29-,30+,35-,36+. The first-order chi connectivity index (χ1) is 27.7. The van der Waals surface area contributed by atoms with Gasteiger partial charge < -0.3 is 20.7 Å². The lowest BCUT2D eigenvalue weighted by molar-refractivity contribution is 0.0887. The first-order valence-electron chi connectivity index (χ1n) is 20.7. The Morgan fingerprint density at radius 1 is 0.877 bits per heavy atom. The number of benzene rings is 2. The molecule has 302 valence electrons. The van der Waals surface area contributed by atoms with Crippen LogP contribution in [0.1, 0.15) is 90.0 Å². The van der Waals surface area contributed by atoms with Crippen molar-refractivity contribution >= 4 is 23.6 Å².